The van der Waals surface area contributed by atoms with Crippen molar-refractivity contribution in [2.24, 2.45) is 0 Å². The maximum atomic E-state index is 4.57. The van der Waals surface area contributed by atoms with E-state index in [1.54, 1.807) is 0 Å². The lowest BCUT2D eigenvalue weighted by molar-refractivity contribution is 0.781. The molecule has 2 heterocycles. The SMILES string of the molecule is CCCCc1cn2ccc(C)cc2n1. The molecule has 0 fully saturated rings. The zero-order chi connectivity index (χ0) is 9.97. The van der Waals surface area contributed by atoms with Gasteiger partial charge >= 0.3 is 0 Å². The largest absolute Gasteiger partial charge is 0.307 e. The van der Waals surface area contributed by atoms with Gasteiger partial charge in [-0.1, -0.05) is 13.3 Å². The van der Waals surface area contributed by atoms with Crippen LogP contribution in [0.4, 0.5) is 0 Å². The Morgan fingerprint density at radius 1 is 1.43 bits per heavy atom. The molecule has 0 N–H and O–H groups in total. The molecule has 2 aromatic rings. The van der Waals surface area contributed by atoms with Crippen LogP contribution in [0.2, 0.25) is 0 Å². The van der Waals surface area contributed by atoms with E-state index in [1.165, 1.54) is 24.1 Å². The van der Waals surface area contributed by atoms with E-state index in [9.17, 15) is 0 Å². The summed E-state index contributed by atoms with van der Waals surface area (Å²) < 4.78 is 2.10. The van der Waals surface area contributed by atoms with Gasteiger partial charge in [0.05, 0.1) is 5.69 Å². The van der Waals surface area contributed by atoms with Crippen LogP contribution in [0.1, 0.15) is 31.0 Å². The molecule has 0 aliphatic rings. The second kappa shape index (κ2) is 3.82. The van der Waals surface area contributed by atoms with E-state index in [4.69, 9.17) is 0 Å². The van der Waals surface area contributed by atoms with Gasteiger partial charge in [-0.05, 0) is 37.5 Å². The Balaban J connectivity index is 2.32. The Bertz CT molecular complexity index is 429. The zero-order valence-electron chi connectivity index (χ0n) is 8.83. The average molecular weight is 188 g/mol. The monoisotopic (exact) mass is 188 g/mol. The highest BCUT2D eigenvalue weighted by atomic mass is 15.0. The molecule has 0 atom stereocenters. The first kappa shape index (κ1) is 9.25. The number of nitrogens with zero attached hydrogens (tertiary/aromatic N) is 2. The molecule has 0 saturated carbocycles. The molecule has 0 aromatic carbocycles. The number of aryl methyl sites for hydroxylation is 2. The Morgan fingerprint density at radius 2 is 2.29 bits per heavy atom. The number of pyridine rings is 1. The Kier molecular flexibility index (Phi) is 2.53. The van der Waals surface area contributed by atoms with E-state index < -0.39 is 0 Å². The summed E-state index contributed by atoms with van der Waals surface area (Å²) in [4.78, 5) is 4.57. The van der Waals surface area contributed by atoms with E-state index in [0.717, 1.165) is 12.1 Å². The normalized spacial score (nSPS) is 11.0. The lowest BCUT2D eigenvalue weighted by Crippen LogP contribution is -1.82. The van der Waals surface area contributed by atoms with Crippen molar-refractivity contribution in [3.05, 3.63) is 35.8 Å². The molecule has 0 aliphatic carbocycles. The zero-order valence-corrected chi connectivity index (χ0v) is 8.83. The minimum absolute atomic E-state index is 1.07. The minimum Gasteiger partial charge on any atom is -0.307 e. The highest BCUT2D eigenvalue weighted by Gasteiger charge is 2.00. The highest BCUT2D eigenvalue weighted by Crippen LogP contribution is 2.09. The topological polar surface area (TPSA) is 17.3 Å². The predicted octanol–water partition coefficient (Wildman–Crippen LogP) is 2.99. The average Bonchev–Trinajstić information content (AvgIpc) is 2.56. The molecule has 2 heteroatoms. The fourth-order valence-electron chi connectivity index (χ4n) is 1.61. The molecule has 14 heavy (non-hydrogen) atoms. The van der Waals surface area contributed by atoms with Gasteiger partial charge in [0.2, 0.25) is 0 Å². The van der Waals surface area contributed by atoms with Crippen molar-refractivity contribution in [3.63, 3.8) is 0 Å². The van der Waals surface area contributed by atoms with Crippen LogP contribution in [0.5, 0.6) is 0 Å². The van der Waals surface area contributed by atoms with Crippen LogP contribution in [-0.4, -0.2) is 9.38 Å². The summed E-state index contributed by atoms with van der Waals surface area (Å²) in [5.41, 5.74) is 3.54. The van der Waals surface area contributed by atoms with Gasteiger partial charge in [-0.15, -0.1) is 0 Å². The Hall–Kier alpha value is -1.31. The van der Waals surface area contributed by atoms with Crippen LogP contribution < -0.4 is 0 Å². The van der Waals surface area contributed by atoms with Crippen molar-refractivity contribution in [1.29, 1.82) is 0 Å². The molecule has 2 nitrogen and oxygen atoms in total. The van der Waals surface area contributed by atoms with E-state index in [1.807, 2.05) is 0 Å². The molecule has 0 aliphatic heterocycles. The molecular weight excluding hydrogens is 172 g/mol. The lowest BCUT2D eigenvalue weighted by atomic mass is 10.2. The first-order chi connectivity index (χ1) is 6.79. The summed E-state index contributed by atoms with van der Waals surface area (Å²) in [6, 6.07) is 4.23. The second-order valence-corrected chi connectivity index (χ2v) is 3.81. The first-order valence-electron chi connectivity index (χ1n) is 5.24. The number of hydrogen-bond donors (Lipinski definition) is 0. The van der Waals surface area contributed by atoms with Gasteiger partial charge in [0, 0.05) is 12.4 Å². The van der Waals surface area contributed by atoms with Gasteiger partial charge in [0.25, 0.3) is 0 Å². The summed E-state index contributed by atoms with van der Waals surface area (Å²) in [5.74, 6) is 0. The molecule has 0 saturated heterocycles. The van der Waals surface area contributed by atoms with E-state index in [0.29, 0.717) is 0 Å². The van der Waals surface area contributed by atoms with Crippen LogP contribution in [0.25, 0.3) is 5.65 Å². The number of unbranched alkanes of at least 4 members (excludes halogenated alkanes) is 1. The van der Waals surface area contributed by atoms with Crippen LogP contribution in [0, 0.1) is 6.92 Å². The molecule has 2 rings (SSSR count). The fourth-order valence-corrected chi connectivity index (χ4v) is 1.61. The quantitative estimate of drug-likeness (QED) is 0.723. The summed E-state index contributed by atoms with van der Waals surface area (Å²) in [6.07, 6.45) is 7.75. The van der Waals surface area contributed by atoms with Crippen molar-refractivity contribution >= 4 is 5.65 Å². The van der Waals surface area contributed by atoms with Crippen LogP contribution >= 0.6 is 0 Å². The summed E-state index contributed by atoms with van der Waals surface area (Å²) in [7, 11) is 0. The summed E-state index contributed by atoms with van der Waals surface area (Å²) >= 11 is 0. The van der Waals surface area contributed by atoms with Crippen molar-refractivity contribution in [3.8, 4) is 0 Å². The second-order valence-electron chi connectivity index (χ2n) is 3.81. The highest BCUT2D eigenvalue weighted by molar-refractivity contribution is 5.42. The molecule has 0 unspecified atom stereocenters. The number of rotatable bonds is 3. The third kappa shape index (κ3) is 1.79. The van der Waals surface area contributed by atoms with Crippen LogP contribution in [0.3, 0.4) is 0 Å². The first-order valence-corrected chi connectivity index (χ1v) is 5.24. The Labute approximate surface area is 84.6 Å². The maximum absolute atomic E-state index is 4.57. The van der Waals surface area contributed by atoms with E-state index >= 15 is 0 Å². The van der Waals surface area contributed by atoms with Gasteiger partial charge in [-0.2, -0.15) is 0 Å². The Morgan fingerprint density at radius 3 is 3.07 bits per heavy atom. The van der Waals surface area contributed by atoms with Crippen molar-refractivity contribution < 1.29 is 0 Å². The van der Waals surface area contributed by atoms with Gasteiger partial charge in [0.15, 0.2) is 0 Å². The minimum atomic E-state index is 1.07. The summed E-state index contributed by atoms with van der Waals surface area (Å²) in [6.45, 7) is 4.31. The van der Waals surface area contributed by atoms with Crippen LogP contribution in [0.15, 0.2) is 24.5 Å². The van der Waals surface area contributed by atoms with Crippen LogP contribution in [-0.2, 0) is 6.42 Å². The number of aromatic nitrogens is 2. The van der Waals surface area contributed by atoms with Crippen molar-refractivity contribution in [2.45, 2.75) is 33.1 Å². The van der Waals surface area contributed by atoms with Gasteiger partial charge in [-0.3, -0.25) is 0 Å². The number of imidazole rings is 1. The van der Waals surface area contributed by atoms with Gasteiger partial charge < -0.3 is 4.40 Å². The standard InChI is InChI=1S/C12H16N2/c1-3-4-5-11-9-14-7-6-10(2)8-12(14)13-11/h6-9H,3-5H2,1-2H3. The van der Waals surface area contributed by atoms with E-state index in [-0.39, 0.29) is 0 Å². The number of fused-ring (bicyclic) bond motifs is 1. The molecule has 0 bridgehead atoms. The lowest BCUT2D eigenvalue weighted by Gasteiger charge is -1.92. The predicted molar refractivity (Wildman–Crippen MR) is 58.5 cm³/mol. The molecular formula is C12H16N2. The van der Waals surface area contributed by atoms with Crippen molar-refractivity contribution in [1.82, 2.24) is 9.38 Å². The maximum Gasteiger partial charge on any atom is 0.137 e. The molecule has 0 amide bonds. The smallest absolute Gasteiger partial charge is 0.137 e. The number of hydrogen-bond acceptors (Lipinski definition) is 1. The van der Waals surface area contributed by atoms with E-state index in [2.05, 4.69) is 47.8 Å². The van der Waals surface area contributed by atoms with Crippen molar-refractivity contribution in [2.75, 3.05) is 0 Å². The molecule has 0 spiro atoms. The third-order valence-electron chi connectivity index (χ3n) is 2.45. The molecule has 0 radical (unpaired) electrons. The van der Waals surface area contributed by atoms with Gasteiger partial charge in [0.1, 0.15) is 5.65 Å². The third-order valence-corrected chi connectivity index (χ3v) is 2.45. The molecule has 74 valence electrons. The fraction of sp³-hybridized carbons (Fsp3) is 0.417. The molecule has 2 aromatic heterocycles. The van der Waals surface area contributed by atoms with Gasteiger partial charge in [-0.25, -0.2) is 4.98 Å². The summed E-state index contributed by atoms with van der Waals surface area (Å²) in [5, 5.41) is 0.